The number of aromatic amines is 1. The molecule has 2 aromatic carbocycles. The number of carboxylic acids is 1. The highest BCUT2D eigenvalue weighted by Crippen LogP contribution is 2.27. The number of fused-ring (bicyclic) bond motifs is 1. The number of methoxy groups -OCH3 is 1. The number of benzene rings is 2. The number of hydrogen-bond donors (Lipinski definition) is 3. The maximum Gasteiger partial charge on any atom is 0.490 e. The van der Waals surface area contributed by atoms with Crippen molar-refractivity contribution in [1.82, 2.24) is 20.1 Å². The number of halogens is 3. The van der Waals surface area contributed by atoms with Crippen LogP contribution in [0.4, 0.5) is 13.2 Å². The molecule has 11 heteroatoms. The Labute approximate surface area is 198 Å². The van der Waals surface area contributed by atoms with Gasteiger partial charge in [0.1, 0.15) is 5.75 Å². The molecule has 0 saturated carbocycles. The Hall–Kier alpha value is -4.28. The summed E-state index contributed by atoms with van der Waals surface area (Å²) in [5.41, 5.74) is 4.90. The van der Waals surface area contributed by atoms with Crippen molar-refractivity contribution in [3.63, 3.8) is 0 Å². The van der Waals surface area contributed by atoms with Crippen LogP contribution in [0.3, 0.4) is 0 Å². The van der Waals surface area contributed by atoms with Crippen molar-refractivity contribution in [3.05, 3.63) is 72.2 Å². The number of aryl methyl sites for hydroxylation is 1. The lowest BCUT2D eigenvalue weighted by molar-refractivity contribution is -0.192. The van der Waals surface area contributed by atoms with Gasteiger partial charge < -0.3 is 19.7 Å². The highest BCUT2D eigenvalue weighted by atomic mass is 19.4. The summed E-state index contributed by atoms with van der Waals surface area (Å²) in [6, 6.07) is 14.0. The summed E-state index contributed by atoms with van der Waals surface area (Å²) >= 11 is 0. The normalized spacial score (nSPS) is 11.0. The molecule has 0 unspecified atom stereocenters. The van der Waals surface area contributed by atoms with Gasteiger partial charge in [-0.1, -0.05) is 24.3 Å². The number of amides is 1. The van der Waals surface area contributed by atoms with Gasteiger partial charge in [0.15, 0.2) is 0 Å². The highest BCUT2D eigenvalue weighted by molar-refractivity contribution is 6.07. The predicted octanol–water partition coefficient (Wildman–Crippen LogP) is 4.18. The molecule has 2 aromatic heterocycles. The number of carbonyl (C=O) groups excluding carboxylic acids is 1. The number of aromatic nitrogens is 3. The van der Waals surface area contributed by atoms with Gasteiger partial charge in [0.25, 0.3) is 5.91 Å². The average molecular weight is 488 g/mol. The van der Waals surface area contributed by atoms with Gasteiger partial charge in [-0.25, -0.2) is 4.79 Å². The van der Waals surface area contributed by atoms with E-state index in [1.165, 1.54) is 0 Å². The van der Waals surface area contributed by atoms with Crippen LogP contribution in [0.25, 0.3) is 22.0 Å². The lowest BCUT2D eigenvalue weighted by Gasteiger charge is -2.06. The first-order valence-corrected chi connectivity index (χ1v) is 10.4. The van der Waals surface area contributed by atoms with E-state index in [1.807, 2.05) is 60.4 Å². The van der Waals surface area contributed by atoms with Crippen LogP contribution < -0.4 is 10.1 Å². The molecule has 1 amide bonds. The Morgan fingerprint density at radius 1 is 1.17 bits per heavy atom. The minimum Gasteiger partial charge on any atom is -0.497 e. The lowest BCUT2D eigenvalue weighted by atomic mass is 10.1. The fourth-order valence-electron chi connectivity index (χ4n) is 3.40. The number of carbonyl (C=O) groups is 2. The van der Waals surface area contributed by atoms with E-state index in [1.54, 1.807) is 13.3 Å². The van der Waals surface area contributed by atoms with E-state index in [9.17, 15) is 18.0 Å². The molecular formula is C24H23F3N4O4. The maximum atomic E-state index is 12.7. The van der Waals surface area contributed by atoms with E-state index in [0.717, 1.165) is 39.8 Å². The molecule has 0 aliphatic rings. The first-order chi connectivity index (χ1) is 16.6. The van der Waals surface area contributed by atoms with Crippen molar-refractivity contribution in [2.45, 2.75) is 12.6 Å². The second-order valence-electron chi connectivity index (χ2n) is 7.53. The van der Waals surface area contributed by atoms with Crippen molar-refractivity contribution in [2.24, 2.45) is 7.05 Å². The Kier molecular flexibility index (Phi) is 7.80. The standard InChI is InChI=1S/C22H22N4O2.C2HF3O2/c1-26-14-20(19-7-6-16(11-21(19)26)17-12-24-25-13-17)22(27)23-9-8-15-4-3-5-18(10-15)28-2;3-2(4,5)1(6)7/h3-7,10-14H,8-9H2,1-2H3,(H,23,27)(H,24,25);(H,6,7). The Morgan fingerprint density at radius 3 is 2.54 bits per heavy atom. The van der Waals surface area contributed by atoms with E-state index in [2.05, 4.69) is 21.6 Å². The van der Waals surface area contributed by atoms with Gasteiger partial charge in [-0.2, -0.15) is 18.3 Å². The number of alkyl halides is 3. The van der Waals surface area contributed by atoms with Crippen molar-refractivity contribution >= 4 is 22.8 Å². The second kappa shape index (κ2) is 10.8. The molecular weight excluding hydrogens is 465 g/mol. The molecule has 0 fully saturated rings. The van der Waals surface area contributed by atoms with Gasteiger partial charge in [-0.05, 0) is 35.7 Å². The summed E-state index contributed by atoms with van der Waals surface area (Å²) < 4.78 is 39.0. The number of ether oxygens (including phenoxy) is 1. The molecule has 0 radical (unpaired) electrons. The number of hydrogen-bond acceptors (Lipinski definition) is 4. The molecule has 0 saturated heterocycles. The topological polar surface area (TPSA) is 109 Å². The molecule has 0 atom stereocenters. The van der Waals surface area contributed by atoms with Gasteiger partial charge in [-0.15, -0.1) is 0 Å². The Morgan fingerprint density at radius 2 is 1.91 bits per heavy atom. The number of H-pyrrole nitrogens is 1. The molecule has 4 aromatic rings. The Balaban J connectivity index is 0.000000429. The molecule has 0 spiro atoms. The number of rotatable bonds is 6. The van der Waals surface area contributed by atoms with Crippen LogP contribution in [0.1, 0.15) is 15.9 Å². The molecule has 8 nitrogen and oxygen atoms in total. The quantitative estimate of drug-likeness (QED) is 0.377. The third-order valence-corrected chi connectivity index (χ3v) is 5.14. The number of nitrogens with one attached hydrogen (secondary N) is 2. The number of nitrogens with zero attached hydrogens (tertiary/aromatic N) is 2. The van der Waals surface area contributed by atoms with Crippen LogP contribution in [0.2, 0.25) is 0 Å². The highest BCUT2D eigenvalue weighted by Gasteiger charge is 2.38. The molecule has 2 heterocycles. The van der Waals surface area contributed by atoms with E-state index in [-0.39, 0.29) is 5.91 Å². The van der Waals surface area contributed by atoms with E-state index in [0.29, 0.717) is 12.1 Å². The zero-order chi connectivity index (χ0) is 25.6. The summed E-state index contributed by atoms with van der Waals surface area (Å²) in [4.78, 5) is 21.6. The predicted molar refractivity (Wildman–Crippen MR) is 123 cm³/mol. The molecule has 184 valence electrons. The third kappa shape index (κ3) is 6.40. The number of carboxylic acid groups (broad SMARTS) is 1. The molecule has 0 aliphatic carbocycles. The van der Waals surface area contributed by atoms with E-state index < -0.39 is 12.1 Å². The van der Waals surface area contributed by atoms with Crippen LogP contribution in [0.5, 0.6) is 5.75 Å². The van der Waals surface area contributed by atoms with E-state index >= 15 is 0 Å². The maximum absolute atomic E-state index is 12.7. The van der Waals surface area contributed by atoms with Crippen LogP contribution in [-0.2, 0) is 18.3 Å². The molecule has 0 bridgehead atoms. The van der Waals surface area contributed by atoms with Crippen molar-refractivity contribution in [3.8, 4) is 16.9 Å². The average Bonchev–Trinajstić information content (AvgIpc) is 3.47. The second-order valence-corrected chi connectivity index (χ2v) is 7.53. The van der Waals surface area contributed by atoms with Crippen LogP contribution in [0, 0.1) is 0 Å². The van der Waals surface area contributed by atoms with E-state index in [4.69, 9.17) is 14.6 Å². The monoisotopic (exact) mass is 488 g/mol. The van der Waals surface area contributed by atoms with Gasteiger partial charge >= 0.3 is 12.1 Å². The number of aliphatic carboxylic acids is 1. The molecule has 3 N–H and O–H groups in total. The molecule has 0 aliphatic heterocycles. The van der Waals surface area contributed by atoms with Crippen molar-refractivity contribution < 1.29 is 32.6 Å². The van der Waals surface area contributed by atoms with Gasteiger partial charge in [0.2, 0.25) is 0 Å². The van der Waals surface area contributed by atoms with Crippen LogP contribution in [-0.4, -0.2) is 51.6 Å². The van der Waals surface area contributed by atoms with Crippen molar-refractivity contribution in [1.29, 1.82) is 0 Å². The summed E-state index contributed by atoms with van der Waals surface area (Å²) in [6.07, 6.45) is 1.19. The summed E-state index contributed by atoms with van der Waals surface area (Å²) in [6.45, 7) is 0.565. The first-order valence-electron chi connectivity index (χ1n) is 10.4. The zero-order valence-electron chi connectivity index (χ0n) is 18.9. The van der Waals surface area contributed by atoms with Crippen LogP contribution >= 0.6 is 0 Å². The zero-order valence-corrected chi connectivity index (χ0v) is 18.9. The summed E-state index contributed by atoms with van der Waals surface area (Å²) in [5.74, 6) is -2.00. The summed E-state index contributed by atoms with van der Waals surface area (Å²) in [5, 5.41) is 17.9. The fraction of sp³-hybridized carbons (Fsp3) is 0.208. The minimum atomic E-state index is -5.08. The fourth-order valence-corrected chi connectivity index (χ4v) is 3.40. The van der Waals surface area contributed by atoms with Crippen molar-refractivity contribution in [2.75, 3.05) is 13.7 Å². The Bertz CT molecular complexity index is 1310. The van der Waals surface area contributed by atoms with Gasteiger partial charge in [0, 0.05) is 42.5 Å². The van der Waals surface area contributed by atoms with Crippen LogP contribution in [0.15, 0.2) is 61.1 Å². The minimum absolute atomic E-state index is 0.0652. The smallest absolute Gasteiger partial charge is 0.490 e. The lowest BCUT2D eigenvalue weighted by Crippen LogP contribution is -2.25. The molecule has 35 heavy (non-hydrogen) atoms. The summed E-state index contributed by atoms with van der Waals surface area (Å²) in [7, 11) is 3.61. The SMILES string of the molecule is COc1cccc(CCNC(=O)c2cn(C)c3cc(-c4cn[nH]c4)ccc23)c1.O=C(O)C(F)(F)F. The van der Waals surface area contributed by atoms with Gasteiger partial charge in [0.05, 0.1) is 18.9 Å². The third-order valence-electron chi connectivity index (χ3n) is 5.14. The van der Waals surface area contributed by atoms with Gasteiger partial charge in [-0.3, -0.25) is 9.89 Å². The first kappa shape index (κ1) is 25.3. The molecule has 4 rings (SSSR count). The largest absolute Gasteiger partial charge is 0.497 e.